The minimum atomic E-state index is -0.411. The summed E-state index contributed by atoms with van der Waals surface area (Å²) in [6.07, 6.45) is 3.37. The number of piperidine rings is 1. The molecule has 0 aromatic rings. The topological polar surface area (TPSA) is 41.6 Å². The van der Waals surface area contributed by atoms with Crippen molar-refractivity contribution >= 4 is 6.09 Å². The Hall–Kier alpha value is -0.770. The van der Waals surface area contributed by atoms with Crippen LogP contribution in [0, 0.1) is 11.3 Å². The van der Waals surface area contributed by atoms with Gasteiger partial charge in [0.15, 0.2) is 0 Å². The van der Waals surface area contributed by atoms with Crippen molar-refractivity contribution in [3.63, 3.8) is 0 Å². The lowest BCUT2D eigenvalue weighted by Crippen LogP contribution is -2.48. The Labute approximate surface area is 129 Å². The number of likely N-dealkylation sites (tertiary alicyclic amines) is 1. The molecule has 4 heteroatoms. The van der Waals surface area contributed by atoms with Gasteiger partial charge in [0, 0.05) is 25.2 Å². The van der Waals surface area contributed by atoms with Crippen molar-refractivity contribution in [2.45, 2.75) is 78.5 Å². The maximum Gasteiger partial charge on any atom is 0.410 e. The van der Waals surface area contributed by atoms with Gasteiger partial charge >= 0.3 is 6.09 Å². The second kappa shape index (κ2) is 5.79. The smallest absolute Gasteiger partial charge is 0.410 e. The molecule has 1 saturated carbocycles. The van der Waals surface area contributed by atoms with E-state index in [1.54, 1.807) is 0 Å². The van der Waals surface area contributed by atoms with E-state index in [4.69, 9.17) is 4.74 Å². The quantitative estimate of drug-likeness (QED) is 0.867. The molecule has 4 nitrogen and oxygen atoms in total. The van der Waals surface area contributed by atoms with Crippen molar-refractivity contribution in [3.8, 4) is 0 Å². The van der Waals surface area contributed by atoms with Gasteiger partial charge in [0.25, 0.3) is 0 Å². The lowest BCUT2D eigenvalue weighted by molar-refractivity contribution is 0.0147. The second-order valence-corrected chi connectivity index (χ2v) is 8.53. The van der Waals surface area contributed by atoms with Crippen LogP contribution >= 0.6 is 0 Å². The molecule has 0 aromatic carbocycles. The SMILES string of the molecule is CC(NC1CC1(C)C)C1CCCN(C(=O)OC(C)(C)C)C1. The van der Waals surface area contributed by atoms with E-state index in [-0.39, 0.29) is 6.09 Å². The normalized spacial score (nSPS) is 29.9. The fraction of sp³-hybridized carbons (Fsp3) is 0.941. The monoisotopic (exact) mass is 296 g/mol. The van der Waals surface area contributed by atoms with E-state index >= 15 is 0 Å². The lowest BCUT2D eigenvalue weighted by atomic mass is 9.91. The molecule has 0 aromatic heterocycles. The third kappa shape index (κ3) is 4.60. The van der Waals surface area contributed by atoms with Crippen LogP contribution in [-0.4, -0.2) is 41.8 Å². The van der Waals surface area contributed by atoms with Crippen LogP contribution in [0.5, 0.6) is 0 Å². The zero-order chi connectivity index (χ0) is 15.8. The van der Waals surface area contributed by atoms with E-state index < -0.39 is 5.60 Å². The number of nitrogens with one attached hydrogen (secondary N) is 1. The summed E-state index contributed by atoms with van der Waals surface area (Å²) >= 11 is 0. The van der Waals surface area contributed by atoms with Crippen molar-refractivity contribution in [1.29, 1.82) is 0 Å². The average Bonchev–Trinajstić information content (AvgIpc) is 2.94. The summed E-state index contributed by atoms with van der Waals surface area (Å²) in [5, 5.41) is 3.74. The van der Waals surface area contributed by atoms with Crippen molar-refractivity contribution < 1.29 is 9.53 Å². The first-order chi connectivity index (χ1) is 9.58. The predicted molar refractivity (Wildman–Crippen MR) is 85.3 cm³/mol. The number of ether oxygens (including phenoxy) is 1. The van der Waals surface area contributed by atoms with Crippen LogP contribution in [0.1, 0.15) is 60.8 Å². The first-order valence-corrected chi connectivity index (χ1v) is 8.32. The summed E-state index contributed by atoms with van der Waals surface area (Å²) in [4.78, 5) is 14.1. The summed E-state index contributed by atoms with van der Waals surface area (Å²) in [5.74, 6) is 0.530. The first-order valence-electron chi connectivity index (χ1n) is 8.32. The third-order valence-electron chi connectivity index (χ3n) is 4.79. The van der Waals surface area contributed by atoms with Gasteiger partial charge in [-0.05, 0) is 58.3 Å². The van der Waals surface area contributed by atoms with Crippen LogP contribution in [0.4, 0.5) is 4.79 Å². The first kappa shape index (κ1) is 16.6. The molecule has 1 heterocycles. The van der Waals surface area contributed by atoms with Crippen LogP contribution in [0.3, 0.4) is 0 Å². The number of nitrogens with zero attached hydrogens (tertiary/aromatic N) is 1. The van der Waals surface area contributed by atoms with E-state index in [0.717, 1.165) is 19.5 Å². The zero-order valence-electron chi connectivity index (χ0n) is 14.5. The number of carbonyl (C=O) groups excluding carboxylic acids is 1. The minimum Gasteiger partial charge on any atom is -0.444 e. The Morgan fingerprint density at radius 3 is 2.52 bits per heavy atom. The lowest BCUT2D eigenvalue weighted by Gasteiger charge is -2.37. The molecule has 0 spiro atoms. The van der Waals surface area contributed by atoms with E-state index in [1.165, 1.54) is 12.8 Å². The molecule has 1 aliphatic carbocycles. The Kier molecular flexibility index (Phi) is 4.57. The molecule has 2 fully saturated rings. The number of hydrogen-bond donors (Lipinski definition) is 1. The summed E-state index contributed by atoms with van der Waals surface area (Å²) in [7, 11) is 0. The minimum absolute atomic E-state index is 0.161. The Morgan fingerprint density at radius 2 is 2.00 bits per heavy atom. The van der Waals surface area contributed by atoms with E-state index in [2.05, 4.69) is 26.1 Å². The van der Waals surface area contributed by atoms with E-state index in [1.807, 2.05) is 25.7 Å². The van der Waals surface area contributed by atoms with Gasteiger partial charge < -0.3 is 15.0 Å². The molecule has 122 valence electrons. The number of hydrogen-bond acceptors (Lipinski definition) is 3. The molecule has 1 saturated heterocycles. The molecule has 2 rings (SSSR count). The van der Waals surface area contributed by atoms with Crippen LogP contribution in [0.15, 0.2) is 0 Å². The zero-order valence-corrected chi connectivity index (χ0v) is 14.5. The van der Waals surface area contributed by atoms with E-state index in [0.29, 0.717) is 23.4 Å². The molecule has 3 unspecified atom stereocenters. The van der Waals surface area contributed by atoms with Gasteiger partial charge in [0.1, 0.15) is 5.60 Å². The van der Waals surface area contributed by atoms with Gasteiger partial charge in [0.2, 0.25) is 0 Å². The largest absolute Gasteiger partial charge is 0.444 e. The highest BCUT2D eigenvalue weighted by Crippen LogP contribution is 2.45. The molecule has 1 amide bonds. The summed E-state index contributed by atoms with van der Waals surface area (Å²) in [6.45, 7) is 14.3. The summed E-state index contributed by atoms with van der Waals surface area (Å²) < 4.78 is 5.50. The van der Waals surface area contributed by atoms with Gasteiger partial charge in [0.05, 0.1) is 0 Å². The maximum absolute atomic E-state index is 12.2. The number of carbonyl (C=O) groups is 1. The van der Waals surface area contributed by atoms with Gasteiger partial charge in [-0.25, -0.2) is 4.79 Å². The molecule has 0 radical (unpaired) electrons. The van der Waals surface area contributed by atoms with Gasteiger partial charge in [-0.1, -0.05) is 13.8 Å². The van der Waals surface area contributed by atoms with Gasteiger partial charge in [-0.3, -0.25) is 0 Å². The Balaban J connectivity index is 1.84. The summed E-state index contributed by atoms with van der Waals surface area (Å²) in [5.41, 5.74) is 0.0414. The highest BCUT2D eigenvalue weighted by atomic mass is 16.6. The molecule has 2 aliphatic rings. The van der Waals surface area contributed by atoms with Crippen molar-refractivity contribution in [2.75, 3.05) is 13.1 Å². The average molecular weight is 296 g/mol. The molecule has 3 atom stereocenters. The summed E-state index contributed by atoms with van der Waals surface area (Å²) in [6, 6.07) is 1.10. The Morgan fingerprint density at radius 1 is 1.38 bits per heavy atom. The van der Waals surface area contributed by atoms with Crippen molar-refractivity contribution in [2.24, 2.45) is 11.3 Å². The van der Waals surface area contributed by atoms with Crippen LogP contribution in [-0.2, 0) is 4.74 Å². The fourth-order valence-electron chi connectivity index (χ4n) is 3.12. The van der Waals surface area contributed by atoms with Crippen LogP contribution in [0.25, 0.3) is 0 Å². The molecular formula is C17H32N2O2. The number of rotatable bonds is 3. The number of amides is 1. The second-order valence-electron chi connectivity index (χ2n) is 8.53. The van der Waals surface area contributed by atoms with Gasteiger partial charge in [-0.2, -0.15) is 0 Å². The van der Waals surface area contributed by atoms with Crippen molar-refractivity contribution in [1.82, 2.24) is 10.2 Å². The fourth-order valence-corrected chi connectivity index (χ4v) is 3.12. The van der Waals surface area contributed by atoms with Gasteiger partial charge in [-0.15, -0.1) is 0 Å². The van der Waals surface area contributed by atoms with E-state index in [9.17, 15) is 4.79 Å². The van der Waals surface area contributed by atoms with Crippen molar-refractivity contribution in [3.05, 3.63) is 0 Å². The predicted octanol–water partition coefficient (Wildman–Crippen LogP) is 3.41. The highest BCUT2D eigenvalue weighted by Gasteiger charge is 2.46. The molecule has 1 N–H and O–H groups in total. The standard InChI is InChI=1S/C17H32N2O2/c1-12(18-14-10-17(14,5)6)13-8-7-9-19(11-13)15(20)21-16(2,3)4/h12-14,18H,7-11H2,1-6H3. The maximum atomic E-state index is 12.2. The van der Waals surface area contributed by atoms with Crippen LogP contribution in [0.2, 0.25) is 0 Å². The molecule has 1 aliphatic heterocycles. The molecule has 0 bridgehead atoms. The third-order valence-corrected chi connectivity index (χ3v) is 4.79. The van der Waals surface area contributed by atoms with Crippen LogP contribution < -0.4 is 5.32 Å². The highest BCUT2D eigenvalue weighted by molar-refractivity contribution is 5.68. The molecule has 21 heavy (non-hydrogen) atoms. The Bertz CT molecular complexity index is 387. The molecular weight excluding hydrogens is 264 g/mol.